The lowest BCUT2D eigenvalue weighted by Crippen LogP contribution is -2.00. The van der Waals surface area contributed by atoms with Crippen LogP contribution >= 0.6 is 0 Å². The molecule has 0 aromatic heterocycles. The fourth-order valence-electron chi connectivity index (χ4n) is 1.58. The molecule has 0 radical (unpaired) electrons. The van der Waals surface area contributed by atoms with E-state index in [1.165, 1.54) is 0 Å². The van der Waals surface area contributed by atoms with Gasteiger partial charge in [-0.15, -0.1) is 0 Å². The lowest BCUT2D eigenvalue weighted by Gasteiger charge is -2.10. The first-order valence-corrected chi connectivity index (χ1v) is 4.23. The molecule has 0 unspecified atom stereocenters. The molecule has 4 nitrogen and oxygen atoms in total. The highest BCUT2D eigenvalue weighted by Crippen LogP contribution is 2.35. The van der Waals surface area contributed by atoms with Crippen molar-refractivity contribution in [3.05, 3.63) is 24.3 Å². The molecule has 0 heterocycles. The van der Waals surface area contributed by atoms with Crippen molar-refractivity contribution in [3.63, 3.8) is 0 Å². The average molecular weight is 188 g/mol. The minimum Gasteiger partial charge on any atom is -0.398 e. The molecule has 0 aliphatic carbocycles. The predicted octanol–water partition coefficient (Wildman–Crippen LogP) is 1.17. The van der Waals surface area contributed by atoms with Crippen molar-refractivity contribution in [1.29, 1.82) is 0 Å². The van der Waals surface area contributed by atoms with Crippen LogP contribution in [-0.4, -0.2) is 0 Å². The lowest BCUT2D eigenvalue weighted by molar-refractivity contribution is 1.68. The standard InChI is InChI=1S/C10H12N4/c11-6-3-1-2-5-7(12)4-8(13)10(14)9(5)6/h1-4H,11-14H2. The summed E-state index contributed by atoms with van der Waals surface area (Å²) < 4.78 is 0. The van der Waals surface area contributed by atoms with Crippen LogP contribution in [0.4, 0.5) is 22.7 Å². The SMILES string of the molecule is Nc1cc(N)c2cccc(N)c2c1N. The van der Waals surface area contributed by atoms with Crippen LogP contribution < -0.4 is 22.9 Å². The molecule has 14 heavy (non-hydrogen) atoms. The van der Waals surface area contributed by atoms with Gasteiger partial charge >= 0.3 is 0 Å². The van der Waals surface area contributed by atoms with Gasteiger partial charge < -0.3 is 22.9 Å². The molecule has 4 heteroatoms. The molecule has 0 saturated heterocycles. The molecule has 2 rings (SSSR count). The van der Waals surface area contributed by atoms with Gasteiger partial charge in [-0.25, -0.2) is 0 Å². The molecule has 0 fully saturated rings. The van der Waals surface area contributed by atoms with Gasteiger partial charge in [0.2, 0.25) is 0 Å². The molecule has 8 N–H and O–H groups in total. The number of benzene rings is 2. The van der Waals surface area contributed by atoms with Gasteiger partial charge in [-0.05, 0) is 12.1 Å². The average Bonchev–Trinajstić information content (AvgIpc) is 2.14. The predicted molar refractivity (Wildman–Crippen MR) is 61.6 cm³/mol. The number of hydrogen-bond acceptors (Lipinski definition) is 4. The Balaban J connectivity index is 3.03. The summed E-state index contributed by atoms with van der Waals surface area (Å²) in [5.41, 5.74) is 25.3. The summed E-state index contributed by atoms with van der Waals surface area (Å²) in [6.45, 7) is 0. The van der Waals surface area contributed by atoms with E-state index in [1.54, 1.807) is 12.1 Å². The van der Waals surface area contributed by atoms with Gasteiger partial charge in [0, 0.05) is 22.1 Å². The summed E-state index contributed by atoms with van der Waals surface area (Å²) in [6.07, 6.45) is 0. The van der Waals surface area contributed by atoms with E-state index in [1.807, 2.05) is 12.1 Å². The number of fused-ring (bicyclic) bond motifs is 1. The normalized spacial score (nSPS) is 10.6. The fraction of sp³-hybridized carbons (Fsp3) is 0. The van der Waals surface area contributed by atoms with Crippen molar-refractivity contribution in [2.24, 2.45) is 0 Å². The third-order valence-corrected chi connectivity index (χ3v) is 2.30. The minimum absolute atomic E-state index is 0.466. The summed E-state index contributed by atoms with van der Waals surface area (Å²) in [5.74, 6) is 0. The number of rotatable bonds is 0. The molecule has 0 aliphatic rings. The van der Waals surface area contributed by atoms with E-state index in [2.05, 4.69) is 0 Å². The molecule has 2 aromatic carbocycles. The van der Waals surface area contributed by atoms with Gasteiger partial charge in [0.1, 0.15) is 0 Å². The van der Waals surface area contributed by atoms with Crippen LogP contribution in [0.25, 0.3) is 10.8 Å². The van der Waals surface area contributed by atoms with E-state index in [0.29, 0.717) is 22.7 Å². The van der Waals surface area contributed by atoms with E-state index >= 15 is 0 Å². The summed E-state index contributed by atoms with van der Waals surface area (Å²) in [7, 11) is 0. The summed E-state index contributed by atoms with van der Waals surface area (Å²) >= 11 is 0. The Hall–Kier alpha value is -2.10. The van der Waals surface area contributed by atoms with Gasteiger partial charge in [-0.3, -0.25) is 0 Å². The first-order chi connectivity index (χ1) is 6.61. The zero-order valence-electron chi connectivity index (χ0n) is 7.62. The third-order valence-electron chi connectivity index (χ3n) is 2.30. The highest BCUT2D eigenvalue weighted by Gasteiger charge is 2.07. The van der Waals surface area contributed by atoms with Crippen LogP contribution in [0, 0.1) is 0 Å². The quantitative estimate of drug-likeness (QED) is 0.466. The molecule has 2 aromatic rings. The van der Waals surface area contributed by atoms with Crippen molar-refractivity contribution in [2.75, 3.05) is 22.9 Å². The second-order valence-corrected chi connectivity index (χ2v) is 3.24. The molecule has 0 bridgehead atoms. The van der Waals surface area contributed by atoms with Crippen molar-refractivity contribution < 1.29 is 0 Å². The van der Waals surface area contributed by atoms with Gasteiger partial charge in [0.05, 0.1) is 11.4 Å². The van der Waals surface area contributed by atoms with Crippen molar-refractivity contribution in [1.82, 2.24) is 0 Å². The Labute approximate surface area is 81.5 Å². The summed E-state index contributed by atoms with van der Waals surface area (Å²) in [4.78, 5) is 0. The smallest absolute Gasteiger partial charge is 0.0649 e. The maximum atomic E-state index is 5.83. The van der Waals surface area contributed by atoms with Crippen LogP contribution in [0.2, 0.25) is 0 Å². The number of anilines is 4. The van der Waals surface area contributed by atoms with Crippen LogP contribution in [0.3, 0.4) is 0 Å². The van der Waals surface area contributed by atoms with Gasteiger partial charge in [0.15, 0.2) is 0 Å². The Kier molecular flexibility index (Phi) is 1.64. The monoisotopic (exact) mass is 188 g/mol. The van der Waals surface area contributed by atoms with Crippen LogP contribution in [0.1, 0.15) is 0 Å². The second kappa shape index (κ2) is 2.70. The number of hydrogen-bond donors (Lipinski definition) is 4. The Morgan fingerprint density at radius 1 is 0.786 bits per heavy atom. The minimum atomic E-state index is 0.466. The molecular formula is C10H12N4. The first-order valence-electron chi connectivity index (χ1n) is 4.23. The zero-order chi connectivity index (χ0) is 10.3. The number of nitrogen functional groups attached to an aromatic ring is 4. The van der Waals surface area contributed by atoms with Gasteiger partial charge in [0.25, 0.3) is 0 Å². The Morgan fingerprint density at radius 3 is 2.21 bits per heavy atom. The molecule has 0 atom stereocenters. The topological polar surface area (TPSA) is 104 Å². The zero-order valence-corrected chi connectivity index (χ0v) is 7.62. The first kappa shape index (κ1) is 8.50. The van der Waals surface area contributed by atoms with E-state index < -0.39 is 0 Å². The van der Waals surface area contributed by atoms with Crippen molar-refractivity contribution >= 4 is 33.5 Å². The van der Waals surface area contributed by atoms with Gasteiger partial charge in [-0.1, -0.05) is 12.1 Å². The second-order valence-electron chi connectivity index (χ2n) is 3.24. The maximum absolute atomic E-state index is 5.83. The largest absolute Gasteiger partial charge is 0.398 e. The van der Waals surface area contributed by atoms with E-state index in [9.17, 15) is 0 Å². The summed E-state index contributed by atoms with van der Waals surface area (Å²) in [6, 6.07) is 7.13. The molecular weight excluding hydrogens is 176 g/mol. The molecule has 0 amide bonds. The van der Waals surface area contributed by atoms with E-state index in [0.717, 1.165) is 10.8 Å². The van der Waals surface area contributed by atoms with Gasteiger partial charge in [-0.2, -0.15) is 0 Å². The molecule has 72 valence electrons. The van der Waals surface area contributed by atoms with E-state index in [4.69, 9.17) is 22.9 Å². The van der Waals surface area contributed by atoms with E-state index in [-0.39, 0.29) is 0 Å². The maximum Gasteiger partial charge on any atom is 0.0649 e. The highest BCUT2D eigenvalue weighted by molar-refractivity contribution is 6.10. The molecule has 0 spiro atoms. The van der Waals surface area contributed by atoms with Crippen LogP contribution in [0.5, 0.6) is 0 Å². The van der Waals surface area contributed by atoms with Crippen molar-refractivity contribution in [3.8, 4) is 0 Å². The van der Waals surface area contributed by atoms with Crippen LogP contribution in [0.15, 0.2) is 24.3 Å². The Bertz CT molecular complexity index is 505. The summed E-state index contributed by atoms with van der Waals surface area (Å²) in [5, 5.41) is 1.58. The Morgan fingerprint density at radius 2 is 1.50 bits per heavy atom. The number of nitrogens with two attached hydrogens (primary N) is 4. The lowest BCUT2D eigenvalue weighted by atomic mass is 10.0. The molecule has 0 saturated carbocycles. The third kappa shape index (κ3) is 1.01. The highest BCUT2D eigenvalue weighted by atomic mass is 14.7. The molecule has 0 aliphatic heterocycles. The van der Waals surface area contributed by atoms with Crippen LogP contribution in [-0.2, 0) is 0 Å². The fourth-order valence-corrected chi connectivity index (χ4v) is 1.58. The van der Waals surface area contributed by atoms with Crippen molar-refractivity contribution in [2.45, 2.75) is 0 Å².